The lowest BCUT2D eigenvalue weighted by atomic mass is 10.0. The van der Waals surface area contributed by atoms with Crippen LogP contribution in [-0.2, 0) is 33.8 Å². The Morgan fingerprint density at radius 2 is 1.44 bits per heavy atom. The molecular weight excluding hydrogens is 550 g/mol. The Kier molecular flexibility index (Phi) is 14.9. The van der Waals surface area contributed by atoms with Crippen molar-refractivity contribution >= 4 is 23.8 Å². The monoisotopic (exact) mass is 597 g/mol. The summed E-state index contributed by atoms with van der Waals surface area (Å²) in [5, 5.41) is 30.4. The van der Waals surface area contributed by atoms with Gasteiger partial charge in [0.1, 0.15) is 18.1 Å². The molecule has 6 N–H and O–H groups in total. The highest BCUT2D eigenvalue weighted by atomic mass is 16.4. The lowest BCUT2D eigenvalue weighted by Gasteiger charge is -2.21. The van der Waals surface area contributed by atoms with Gasteiger partial charge >= 0.3 is 17.9 Å². The van der Waals surface area contributed by atoms with Crippen molar-refractivity contribution in [3.63, 3.8) is 0 Å². The van der Waals surface area contributed by atoms with E-state index in [1.54, 1.807) is 4.90 Å². The average Bonchev–Trinajstić information content (AvgIpc) is 3.27. The molecule has 0 bridgehead atoms. The fourth-order valence-corrected chi connectivity index (χ4v) is 5.03. The minimum Gasteiger partial charge on any atom is -0.480 e. The number of nitrogens with zero attached hydrogens (tertiary/aromatic N) is 1. The molecule has 0 spiro atoms. The summed E-state index contributed by atoms with van der Waals surface area (Å²) in [6, 6.07) is 13.1. The summed E-state index contributed by atoms with van der Waals surface area (Å²) in [6.45, 7) is 7.15. The highest BCUT2D eigenvalue weighted by Gasteiger charge is 2.28. The number of aryl methyl sites for hydroxylation is 2. The van der Waals surface area contributed by atoms with Gasteiger partial charge in [-0.25, -0.2) is 0 Å². The van der Waals surface area contributed by atoms with Gasteiger partial charge in [0.2, 0.25) is 0 Å². The summed E-state index contributed by atoms with van der Waals surface area (Å²) in [5.41, 5.74) is 9.26. The molecule has 1 unspecified atom stereocenters. The Morgan fingerprint density at radius 3 is 1.95 bits per heavy atom. The summed E-state index contributed by atoms with van der Waals surface area (Å²) in [7, 11) is 0. The maximum Gasteiger partial charge on any atom is 0.320 e. The third kappa shape index (κ3) is 12.2. The second-order valence-corrected chi connectivity index (χ2v) is 11.5. The van der Waals surface area contributed by atoms with Gasteiger partial charge in [0, 0.05) is 18.7 Å². The van der Waals surface area contributed by atoms with E-state index in [2.05, 4.69) is 24.4 Å². The number of fused-ring (bicyclic) bond motifs is 1. The van der Waals surface area contributed by atoms with Crippen molar-refractivity contribution in [3.05, 3.63) is 70.8 Å². The van der Waals surface area contributed by atoms with Crippen molar-refractivity contribution in [1.82, 2.24) is 10.2 Å². The number of nitrogens with one attached hydrogen (secondary N) is 1. The van der Waals surface area contributed by atoms with Crippen molar-refractivity contribution < 1.29 is 34.5 Å². The lowest BCUT2D eigenvalue weighted by molar-refractivity contribution is -0.143. The molecule has 43 heavy (non-hydrogen) atoms. The molecule has 3 rings (SSSR count). The molecule has 0 radical (unpaired) electrons. The number of unbranched alkanes of at least 4 members (excludes halogenated alkanes) is 1. The highest BCUT2D eigenvalue weighted by Crippen LogP contribution is 2.22. The van der Waals surface area contributed by atoms with Crippen LogP contribution in [0.3, 0.4) is 0 Å². The van der Waals surface area contributed by atoms with Crippen LogP contribution in [0.5, 0.6) is 0 Å². The van der Waals surface area contributed by atoms with Crippen LogP contribution >= 0.6 is 0 Å². The minimum absolute atomic E-state index is 0.0113. The van der Waals surface area contributed by atoms with E-state index in [0.717, 1.165) is 29.5 Å². The fraction of sp³-hybridized carbons (Fsp3) is 0.515. The van der Waals surface area contributed by atoms with Crippen LogP contribution in [0.25, 0.3) is 0 Å². The third-order valence-electron chi connectivity index (χ3n) is 7.39. The van der Waals surface area contributed by atoms with Crippen LogP contribution in [0, 0.1) is 5.92 Å². The van der Waals surface area contributed by atoms with Gasteiger partial charge in [-0.1, -0.05) is 69.7 Å². The predicted octanol–water partition coefficient (Wildman–Crippen LogP) is 4.34. The van der Waals surface area contributed by atoms with Gasteiger partial charge in [0.05, 0.1) is 0 Å². The molecule has 1 amide bonds. The highest BCUT2D eigenvalue weighted by molar-refractivity contribution is 5.98. The molecule has 0 saturated heterocycles. The number of benzene rings is 2. The van der Waals surface area contributed by atoms with Gasteiger partial charge in [0.25, 0.3) is 5.91 Å². The maximum absolute atomic E-state index is 12.4. The first-order valence-corrected chi connectivity index (χ1v) is 15.1. The van der Waals surface area contributed by atoms with Crippen LogP contribution in [0.4, 0.5) is 0 Å². The zero-order valence-corrected chi connectivity index (χ0v) is 25.5. The van der Waals surface area contributed by atoms with E-state index in [-0.39, 0.29) is 5.91 Å². The Morgan fingerprint density at radius 1 is 0.860 bits per heavy atom. The molecule has 0 aliphatic carbocycles. The molecule has 3 atom stereocenters. The number of carboxylic acid groups (broad SMARTS) is 3. The van der Waals surface area contributed by atoms with Crippen molar-refractivity contribution in [1.29, 1.82) is 0 Å². The number of hydrogen-bond donors (Lipinski definition) is 5. The standard InChI is InChI=1S/C27H34N2O5.C6H13NO2/c1-2-7-19-11-13-20(14-12-19)15-16-24(27(33)34)28-23(26(31)32)10-5-6-17-29-18-21-8-3-4-9-22(21)25(29)30;1-4(2)3-5(7)6(8)9/h3-4,8-9,11-14,23-24,28H,2,5-7,10,15-18H2,1H3,(H,31,32)(H,33,34);4-5H,3,7H2,1-2H3,(H,8,9)/t23-,24?;5-/m10/s1. The smallest absolute Gasteiger partial charge is 0.320 e. The Hall–Kier alpha value is -3.76. The van der Waals surface area contributed by atoms with Gasteiger partial charge in [0.15, 0.2) is 0 Å². The van der Waals surface area contributed by atoms with Gasteiger partial charge in [-0.2, -0.15) is 0 Å². The summed E-state index contributed by atoms with van der Waals surface area (Å²) in [6.07, 6.45) is 5.05. The molecule has 10 heteroatoms. The molecule has 1 heterocycles. The van der Waals surface area contributed by atoms with Crippen LogP contribution in [0.1, 0.15) is 86.3 Å². The van der Waals surface area contributed by atoms with E-state index in [1.807, 2.05) is 50.2 Å². The van der Waals surface area contributed by atoms with E-state index in [1.165, 1.54) is 5.56 Å². The molecule has 10 nitrogen and oxygen atoms in total. The van der Waals surface area contributed by atoms with E-state index in [0.29, 0.717) is 57.5 Å². The molecule has 2 aromatic carbocycles. The second kappa shape index (κ2) is 18.0. The van der Waals surface area contributed by atoms with Gasteiger partial charge in [-0.3, -0.25) is 24.5 Å². The zero-order valence-electron chi connectivity index (χ0n) is 25.5. The number of carbonyl (C=O) groups excluding carboxylic acids is 1. The van der Waals surface area contributed by atoms with Crippen molar-refractivity contribution in [2.45, 2.75) is 96.8 Å². The van der Waals surface area contributed by atoms with E-state index in [4.69, 9.17) is 10.8 Å². The van der Waals surface area contributed by atoms with Crippen LogP contribution < -0.4 is 11.1 Å². The number of amides is 1. The Bertz CT molecular complexity index is 1200. The van der Waals surface area contributed by atoms with Gasteiger partial charge < -0.3 is 26.0 Å². The van der Waals surface area contributed by atoms with E-state index < -0.39 is 36.0 Å². The van der Waals surface area contributed by atoms with E-state index in [9.17, 15) is 29.4 Å². The molecule has 2 aromatic rings. The lowest BCUT2D eigenvalue weighted by Crippen LogP contribution is -2.47. The second-order valence-electron chi connectivity index (χ2n) is 11.5. The largest absolute Gasteiger partial charge is 0.480 e. The SMILES string of the molecule is CC(C)C[C@H](N)C(=O)O.CCCc1ccc(CCC(N[C@H](CCCCN2Cc3ccccc3C2=O)C(=O)O)C(=O)O)cc1. The molecule has 236 valence electrons. The summed E-state index contributed by atoms with van der Waals surface area (Å²) >= 11 is 0. The number of carbonyl (C=O) groups is 4. The van der Waals surface area contributed by atoms with Crippen molar-refractivity contribution in [2.75, 3.05) is 6.54 Å². The maximum atomic E-state index is 12.4. The van der Waals surface area contributed by atoms with Gasteiger partial charge in [-0.15, -0.1) is 0 Å². The first kappa shape index (κ1) is 35.4. The predicted molar refractivity (Wildman–Crippen MR) is 165 cm³/mol. The summed E-state index contributed by atoms with van der Waals surface area (Å²) < 4.78 is 0. The molecule has 0 aromatic heterocycles. The topological polar surface area (TPSA) is 170 Å². The molecule has 0 fully saturated rings. The average molecular weight is 598 g/mol. The molecule has 1 aliphatic heterocycles. The molecular formula is C33H47N3O7. The fourth-order valence-electron chi connectivity index (χ4n) is 5.03. The van der Waals surface area contributed by atoms with Crippen molar-refractivity contribution in [3.8, 4) is 0 Å². The summed E-state index contributed by atoms with van der Waals surface area (Å²) in [4.78, 5) is 47.9. The third-order valence-corrected chi connectivity index (χ3v) is 7.39. The van der Waals surface area contributed by atoms with Crippen LogP contribution in [0.2, 0.25) is 0 Å². The number of hydrogen-bond acceptors (Lipinski definition) is 6. The Balaban J connectivity index is 0.000000621. The van der Waals surface area contributed by atoms with Crippen LogP contribution in [-0.4, -0.2) is 68.7 Å². The normalized spacial score (nSPS) is 14.4. The van der Waals surface area contributed by atoms with E-state index >= 15 is 0 Å². The van der Waals surface area contributed by atoms with Gasteiger partial charge in [-0.05, 0) is 73.6 Å². The zero-order chi connectivity index (χ0) is 31.9. The number of rotatable bonds is 17. The summed E-state index contributed by atoms with van der Waals surface area (Å²) in [5.74, 6) is -2.65. The van der Waals surface area contributed by atoms with Crippen LogP contribution in [0.15, 0.2) is 48.5 Å². The number of aliphatic carboxylic acids is 3. The first-order chi connectivity index (χ1) is 20.4. The Labute approximate surface area is 254 Å². The number of nitrogens with two attached hydrogens (primary N) is 1. The number of carboxylic acids is 3. The van der Waals surface area contributed by atoms with Crippen molar-refractivity contribution in [2.24, 2.45) is 11.7 Å². The molecule has 0 saturated carbocycles. The molecule has 1 aliphatic rings. The quantitative estimate of drug-likeness (QED) is 0.166. The minimum atomic E-state index is -1.06. The first-order valence-electron chi connectivity index (χ1n) is 15.1.